The number of carbonyl (C=O) groups is 11. The van der Waals surface area contributed by atoms with Crippen molar-refractivity contribution in [2.45, 2.75) is 121 Å². The van der Waals surface area contributed by atoms with Crippen LogP contribution in [0, 0.1) is 11.8 Å². The van der Waals surface area contributed by atoms with E-state index in [2.05, 4.69) is 36.8 Å². The molecule has 0 radical (unpaired) electrons. The Morgan fingerprint density at radius 3 is 1.89 bits per heavy atom. The first-order chi connectivity index (χ1) is 37.7. The molecule has 7 amide bonds. The molecule has 1 unspecified atom stereocenters. The summed E-state index contributed by atoms with van der Waals surface area (Å²) in [6.45, 7) is 8.08. The molecular weight excluding hydrogens is 1030 g/mol. The summed E-state index contributed by atoms with van der Waals surface area (Å²) in [7, 11) is 0. The number of anilines is 1. The molecule has 27 heteroatoms. The maximum absolute atomic E-state index is 14.3. The van der Waals surface area contributed by atoms with E-state index in [9.17, 15) is 73.2 Å². The number of aliphatic hydroxyl groups is 1. The molecule has 6 rings (SSSR count). The number of esters is 1. The highest BCUT2D eigenvalue weighted by Crippen LogP contribution is 2.39. The highest BCUT2D eigenvalue weighted by Gasteiger charge is 2.46. The zero-order chi connectivity index (χ0) is 57.3. The standard InChI is InChI=1S/C52H77N11O16/c1-3-31(2)46(50(76)56-36-8-7-33-5-4-6-34-25-38(63(47(33)34)51(36)77)49(75)57-37-26-45(73)79-52(37)78)58-40(65)12-15-53-39(64)11-16-54-48(74)35(9-10-42(67)68)55-41(66)28-59-17-13-32(14-18-59)27-60-19-21-61(29-43(69)70)23-24-62(22-20-60)30-44(71)72/h4-6,31-32,35-38,46,52,78H,3,7-30H2,1-2H3,(H,53,64)(H,54,74)(H,55,66)(H,56,76)(H,57,75)(H,58,65)(H,67,68)(H,69,70)(H,71,72)/t31-,35+,36-,37+,38-,46-,52?/m0/s1. The molecule has 0 spiro atoms. The van der Waals surface area contributed by atoms with Gasteiger partial charge in [0.25, 0.3) is 0 Å². The zero-order valence-electron chi connectivity index (χ0n) is 45.0. The number of nitrogens with zero attached hydrogens (tertiary/aromatic N) is 5. The number of aryl methyl sites for hydroxylation is 1. The van der Waals surface area contributed by atoms with Gasteiger partial charge in [0.2, 0.25) is 47.6 Å². The number of hydrogen-bond donors (Lipinski definition) is 10. The van der Waals surface area contributed by atoms with Gasteiger partial charge in [-0.1, -0.05) is 38.5 Å². The maximum Gasteiger partial charge on any atom is 0.317 e. The van der Waals surface area contributed by atoms with Gasteiger partial charge in [-0.05, 0) is 68.2 Å². The minimum Gasteiger partial charge on any atom is -0.481 e. The highest BCUT2D eigenvalue weighted by molar-refractivity contribution is 6.08. The molecule has 0 saturated carbocycles. The fourth-order valence-corrected chi connectivity index (χ4v) is 10.7. The SMILES string of the molecule is CC[C@H](C)[C@H](NC(=O)CCNC(=O)CCNC(=O)[C@@H](CCC(=O)O)NC(=O)CN1CCC(CN2CCN(CC(=O)O)CCN(CC(=O)O)CC2)CC1)C(=O)N[C@H]1CCc2cccc3c2N(C1=O)[C@H](C(=O)N[C@@H]1CC(=O)OC1O)C3. The third kappa shape index (κ3) is 18.4. The van der Waals surface area contributed by atoms with Crippen LogP contribution < -0.4 is 36.8 Å². The molecule has 5 aliphatic heterocycles. The third-order valence-corrected chi connectivity index (χ3v) is 15.3. The molecular formula is C52H77N11O16. The number of cyclic esters (lactones) is 1. The summed E-state index contributed by atoms with van der Waals surface area (Å²) in [4.78, 5) is 150. The Morgan fingerprint density at radius 1 is 0.671 bits per heavy atom. The van der Waals surface area contributed by atoms with Crippen LogP contribution in [0.15, 0.2) is 18.2 Å². The Bertz CT molecular complexity index is 2380. The monoisotopic (exact) mass is 1110 g/mol. The molecule has 0 bridgehead atoms. The normalized spacial score (nSPS) is 22.5. The Kier molecular flexibility index (Phi) is 22.9. The lowest BCUT2D eigenvalue weighted by Crippen LogP contribution is -2.59. The van der Waals surface area contributed by atoms with Crippen LogP contribution in [0.4, 0.5) is 5.69 Å². The lowest BCUT2D eigenvalue weighted by molar-refractivity contribution is -0.155. The van der Waals surface area contributed by atoms with Gasteiger partial charge in [-0.15, -0.1) is 0 Å². The van der Waals surface area contributed by atoms with E-state index in [0.29, 0.717) is 70.9 Å². The van der Waals surface area contributed by atoms with E-state index in [0.717, 1.165) is 30.5 Å². The molecule has 3 saturated heterocycles. The van der Waals surface area contributed by atoms with Gasteiger partial charge in [0.1, 0.15) is 30.2 Å². The maximum atomic E-state index is 14.3. The third-order valence-electron chi connectivity index (χ3n) is 15.3. The number of carboxylic acid groups (broad SMARTS) is 3. The first kappa shape index (κ1) is 61.4. The first-order valence-electron chi connectivity index (χ1n) is 27.3. The van der Waals surface area contributed by atoms with Crippen LogP contribution >= 0.6 is 0 Å². The van der Waals surface area contributed by atoms with Gasteiger partial charge < -0.3 is 62.0 Å². The van der Waals surface area contributed by atoms with Crippen LogP contribution in [0.1, 0.15) is 82.8 Å². The summed E-state index contributed by atoms with van der Waals surface area (Å²) >= 11 is 0. The van der Waals surface area contributed by atoms with E-state index in [1.165, 1.54) is 4.90 Å². The molecule has 79 heavy (non-hydrogen) atoms. The zero-order valence-corrected chi connectivity index (χ0v) is 45.0. The molecule has 5 aliphatic rings. The van der Waals surface area contributed by atoms with Crippen molar-refractivity contribution in [1.29, 1.82) is 0 Å². The fraction of sp³-hybridized carbons (Fsp3) is 0.673. The fourth-order valence-electron chi connectivity index (χ4n) is 10.7. The average molecular weight is 1110 g/mol. The van der Waals surface area contributed by atoms with Crippen LogP contribution in [0.2, 0.25) is 0 Å². The lowest BCUT2D eigenvalue weighted by Gasteiger charge is -2.35. The molecule has 5 heterocycles. The molecule has 0 aromatic heterocycles. The van der Waals surface area contributed by atoms with E-state index >= 15 is 0 Å². The van der Waals surface area contributed by atoms with E-state index in [1.54, 1.807) is 6.92 Å². The lowest BCUT2D eigenvalue weighted by atomic mass is 9.96. The number of amides is 7. The largest absolute Gasteiger partial charge is 0.481 e. The molecule has 0 aliphatic carbocycles. The van der Waals surface area contributed by atoms with Gasteiger partial charge in [-0.25, -0.2) is 0 Å². The van der Waals surface area contributed by atoms with Gasteiger partial charge >= 0.3 is 23.9 Å². The van der Waals surface area contributed by atoms with Crippen molar-refractivity contribution in [1.82, 2.24) is 51.5 Å². The van der Waals surface area contributed by atoms with Crippen LogP contribution in [0.3, 0.4) is 0 Å². The number of para-hydroxylation sites is 1. The number of ether oxygens (including phenoxy) is 1. The number of aliphatic hydroxyl groups excluding tert-OH is 1. The molecule has 1 aromatic rings. The number of nitrogens with one attached hydrogen (secondary N) is 6. The number of carbonyl (C=O) groups excluding carboxylic acids is 8. The predicted molar refractivity (Wildman–Crippen MR) is 280 cm³/mol. The Hall–Kier alpha value is -6.81. The summed E-state index contributed by atoms with van der Waals surface area (Å²) in [5.74, 6) is -7.85. The van der Waals surface area contributed by atoms with Crippen molar-refractivity contribution in [2.24, 2.45) is 11.8 Å². The minimum atomic E-state index is -1.53. The van der Waals surface area contributed by atoms with E-state index in [1.807, 2.05) is 39.8 Å². The van der Waals surface area contributed by atoms with Gasteiger partial charge in [0, 0.05) is 84.6 Å². The van der Waals surface area contributed by atoms with Crippen molar-refractivity contribution >= 4 is 70.9 Å². The molecule has 10 N–H and O–H groups in total. The van der Waals surface area contributed by atoms with Crippen LogP contribution in [0.25, 0.3) is 0 Å². The molecule has 27 nitrogen and oxygen atoms in total. The Balaban J connectivity index is 0.916. The van der Waals surface area contributed by atoms with Gasteiger partial charge in [-0.2, -0.15) is 0 Å². The molecule has 1 aromatic carbocycles. The Morgan fingerprint density at radius 2 is 1.28 bits per heavy atom. The predicted octanol–water partition coefficient (Wildman–Crippen LogP) is -3.18. The van der Waals surface area contributed by atoms with Gasteiger partial charge in [0.15, 0.2) is 0 Å². The quantitative estimate of drug-likeness (QED) is 0.0409. The van der Waals surface area contributed by atoms with Crippen LogP contribution in [0.5, 0.6) is 0 Å². The smallest absolute Gasteiger partial charge is 0.317 e. The first-order valence-corrected chi connectivity index (χ1v) is 27.3. The molecule has 3 fully saturated rings. The van der Waals surface area contributed by atoms with Crippen molar-refractivity contribution in [3.8, 4) is 0 Å². The summed E-state index contributed by atoms with van der Waals surface area (Å²) in [5, 5.41) is 54.2. The van der Waals surface area contributed by atoms with Crippen molar-refractivity contribution < 1.29 is 77.9 Å². The minimum absolute atomic E-state index is 0.0338. The topological polar surface area (TPSA) is 366 Å². The van der Waals surface area contributed by atoms with Crippen molar-refractivity contribution in [2.75, 3.05) is 96.5 Å². The van der Waals surface area contributed by atoms with Crippen molar-refractivity contribution in [3.05, 3.63) is 29.3 Å². The summed E-state index contributed by atoms with van der Waals surface area (Å²) in [6, 6.07) is 0.103. The summed E-state index contributed by atoms with van der Waals surface area (Å²) in [6.07, 6.45) is -0.0619. The van der Waals surface area contributed by atoms with E-state index in [4.69, 9.17) is 4.74 Å². The second-order valence-electron chi connectivity index (χ2n) is 21.1. The number of aliphatic carboxylic acids is 3. The number of hydrogen-bond acceptors (Lipinski definition) is 17. The highest BCUT2D eigenvalue weighted by atomic mass is 16.6. The molecule has 436 valence electrons. The van der Waals surface area contributed by atoms with Gasteiger partial charge in [0.05, 0.1) is 31.7 Å². The average Bonchev–Trinajstić information content (AvgIpc) is 4.19. The van der Waals surface area contributed by atoms with E-state index in [-0.39, 0.29) is 83.1 Å². The number of carboxylic acids is 3. The van der Waals surface area contributed by atoms with E-state index < -0.39 is 108 Å². The number of rotatable bonds is 26. The second kappa shape index (κ2) is 29.4. The number of likely N-dealkylation sites (tertiary alicyclic amines) is 1. The van der Waals surface area contributed by atoms with Gasteiger partial charge in [-0.3, -0.25) is 72.3 Å². The number of benzene rings is 1. The summed E-state index contributed by atoms with van der Waals surface area (Å²) in [5.41, 5.74) is 2.13. The second-order valence-corrected chi connectivity index (χ2v) is 21.1. The Labute approximate surface area is 457 Å². The van der Waals surface area contributed by atoms with Crippen LogP contribution in [-0.4, -0.2) is 233 Å². The molecule has 7 atom stereocenters. The van der Waals surface area contributed by atoms with Crippen molar-refractivity contribution in [3.63, 3.8) is 0 Å². The summed E-state index contributed by atoms with van der Waals surface area (Å²) < 4.78 is 4.76. The number of piperidine rings is 1. The van der Waals surface area contributed by atoms with Crippen LogP contribution in [-0.2, 0) is 70.3 Å².